The quantitative estimate of drug-likeness (QED) is 0.688. The van der Waals surface area contributed by atoms with E-state index < -0.39 is 0 Å². The van der Waals surface area contributed by atoms with Gasteiger partial charge in [0.1, 0.15) is 10.4 Å². The predicted octanol–water partition coefficient (Wildman–Crippen LogP) is 3.72. The summed E-state index contributed by atoms with van der Waals surface area (Å²) in [5, 5.41) is 18.1. The fourth-order valence-electron chi connectivity index (χ4n) is 1.07. The van der Waals surface area contributed by atoms with E-state index in [0.717, 1.165) is 4.60 Å². The van der Waals surface area contributed by atoms with Crippen molar-refractivity contribution < 1.29 is 10.2 Å². The Morgan fingerprint density at radius 3 is 2.22 bits per heavy atom. The number of pyridine rings is 2. The van der Waals surface area contributed by atoms with Crippen LogP contribution in [0.5, 0.6) is 11.5 Å². The highest BCUT2D eigenvalue weighted by atomic mass is 79.9. The van der Waals surface area contributed by atoms with Crippen molar-refractivity contribution in [2.75, 3.05) is 0 Å². The van der Waals surface area contributed by atoms with E-state index in [1.807, 2.05) is 0 Å². The van der Waals surface area contributed by atoms with E-state index in [9.17, 15) is 5.11 Å². The lowest BCUT2D eigenvalue weighted by atomic mass is 10.3. The number of hydrogen-bond donors (Lipinski definition) is 2. The minimum atomic E-state index is 0.197. The molecule has 0 radical (unpaired) electrons. The predicted molar refractivity (Wildman–Crippen MR) is 76.7 cm³/mol. The zero-order valence-electron chi connectivity index (χ0n) is 9.85. The van der Waals surface area contributed by atoms with Gasteiger partial charge in [0.2, 0.25) is 0 Å². The molecular formula is C12H12Br2N2O2. The monoisotopic (exact) mass is 374 g/mol. The molecule has 6 heteroatoms. The Morgan fingerprint density at radius 2 is 1.78 bits per heavy atom. The molecule has 0 spiro atoms. The number of aryl methyl sites for hydroxylation is 2. The van der Waals surface area contributed by atoms with Gasteiger partial charge in [-0.2, -0.15) is 0 Å². The number of aromatic hydroxyl groups is 2. The summed E-state index contributed by atoms with van der Waals surface area (Å²) in [7, 11) is 0. The standard InChI is InChI=1S/C6H5Br2NO.C6H7NO/c1-3-6(10)4(7)2-5(8)9-3;1-5-6(8)3-2-4-7-5/h2,10H,1H3;2-4,8H,1H3. The van der Waals surface area contributed by atoms with Crippen LogP contribution in [0.15, 0.2) is 33.5 Å². The first kappa shape index (κ1) is 14.9. The van der Waals surface area contributed by atoms with Crippen LogP contribution in [0.2, 0.25) is 0 Å². The SMILES string of the molecule is Cc1nc(Br)cc(Br)c1O.Cc1ncccc1O. The maximum Gasteiger partial charge on any atom is 0.151 e. The molecule has 0 unspecified atom stereocenters. The van der Waals surface area contributed by atoms with Crippen molar-refractivity contribution in [1.82, 2.24) is 9.97 Å². The van der Waals surface area contributed by atoms with Gasteiger partial charge in [-0.3, -0.25) is 4.98 Å². The third-order valence-corrected chi connectivity index (χ3v) is 3.08. The molecule has 0 bridgehead atoms. The van der Waals surface area contributed by atoms with Crippen LogP contribution in [0.1, 0.15) is 11.4 Å². The van der Waals surface area contributed by atoms with Gasteiger partial charge in [0.15, 0.2) is 5.75 Å². The van der Waals surface area contributed by atoms with Crippen LogP contribution in [0.25, 0.3) is 0 Å². The summed E-state index contributed by atoms with van der Waals surface area (Å²) >= 11 is 6.37. The maximum absolute atomic E-state index is 9.20. The van der Waals surface area contributed by atoms with Gasteiger partial charge in [-0.15, -0.1) is 0 Å². The third-order valence-electron chi connectivity index (χ3n) is 2.07. The number of rotatable bonds is 0. The molecular weight excluding hydrogens is 364 g/mol. The van der Waals surface area contributed by atoms with E-state index in [1.165, 1.54) is 0 Å². The first-order valence-electron chi connectivity index (χ1n) is 5.04. The molecule has 0 aliphatic rings. The van der Waals surface area contributed by atoms with Crippen molar-refractivity contribution in [3.05, 3.63) is 44.9 Å². The van der Waals surface area contributed by atoms with E-state index in [4.69, 9.17) is 5.11 Å². The van der Waals surface area contributed by atoms with Gasteiger partial charge < -0.3 is 10.2 Å². The zero-order chi connectivity index (χ0) is 13.7. The highest BCUT2D eigenvalue weighted by Gasteiger charge is 2.03. The highest BCUT2D eigenvalue weighted by molar-refractivity contribution is 9.11. The van der Waals surface area contributed by atoms with Gasteiger partial charge in [-0.05, 0) is 63.9 Å². The lowest BCUT2D eigenvalue weighted by molar-refractivity contribution is 0.463. The number of halogens is 2. The van der Waals surface area contributed by atoms with E-state index in [0.29, 0.717) is 15.9 Å². The van der Waals surface area contributed by atoms with Crippen LogP contribution in [-0.4, -0.2) is 20.2 Å². The van der Waals surface area contributed by atoms with Gasteiger partial charge in [-0.25, -0.2) is 4.98 Å². The first-order chi connectivity index (χ1) is 8.41. The molecule has 0 saturated carbocycles. The van der Waals surface area contributed by atoms with Crippen molar-refractivity contribution in [1.29, 1.82) is 0 Å². The lowest BCUT2D eigenvalue weighted by Crippen LogP contribution is -1.83. The fraction of sp³-hybridized carbons (Fsp3) is 0.167. The Kier molecular flexibility index (Phi) is 5.55. The molecule has 0 atom stereocenters. The van der Waals surface area contributed by atoms with Gasteiger partial charge in [0.05, 0.1) is 15.9 Å². The van der Waals surface area contributed by atoms with Gasteiger partial charge in [0.25, 0.3) is 0 Å². The van der Waals surface area contributed by atoms with Crippen LogP contribution >= 0.6 is 31.9 Å². The topological polar surface area (TPSA) is 66.2 Å². The van der Waals surface area contributed by atoms with E-state index in [2.05, 4.69) is 41.8 Å². The molecule has 0 fully saturated rings. The van der Waals surface area contributed by atoms with Crippen molar-refractivity contribution in [3.8, 4) is 11.5 Å². The average Bonchev–Trinajstić information content (AvgIpc) is 2.31. The van der Waals surface area contributed by atoms with Crippen molar-refractivity contribution >= 4 is 31.9 Å². The molecule has 2 aromatic rings. The summed E-state index contributed by atoms with van der Waals surface area (Å²) in [6, 6.07) is 5.01. The molecule has 2 heterocycles. The molecule has 96 valence electrons. The van der Waals surface area contributed by atoms with Crippen molar-refractivity contribution in [2.24, 2.45) is 0 Å². The largest absolute Gasteiger partial charge is 0.506 e. The van der Waals surface area contributed by atoms with Crippen LogP contribution in [0.4, 0.5) is 0 Å². The van der Waals surface area contributed by atoms with Crippen molar-refractivity contribution in [2.45, 2.75) is 13.8 Å². The molecule has 0 amide bonds. The molecule has 0 aromatic carbocycles. The Balaban J connectivity index is 0.000000184. The smallest absolute Gasteiger partial charge is 0.151 e. The zero-order valence-corrected chi connectivity index (χ0v) is 13.0. The summed E-state index contributed by atoms with van der Waals surface area (Å²) in [5.41, 5.74) is 1.29. The van der Waals surface area contributed by atoms with Crippen LogP contribution in [0.3, 0.4) is 0 Å². The van der Waals surface area contributed by atoms with E-state index >= 15 is 0 Å². The van der Waals surface area contributed by atoms with Gasteiger partial charge >= 0.3 is 0 Å². The van der Waals surface area contributed by atoms with E-state index in [-0.39, 0.29) is 11.5 Å². The van der Waals surface area contributed by atoms with Crippen LogP contribution < -0.4 is 0 Å². The molecule has 18 heavy (non-hydrogen) atoms. The maximum atomic E-state index is 9.20. The number of aromatic nitrogens is 2. The first-order valence-corrected chi connectivity index (χ1v) is 6.62. The fourth-order valence-corrected chi connectivity index (χ4v) is 2.37. The highest BCUT2D eigenvalue weighted by Crippen LogP contribution is 2.28. The van der Waals surface area contributed by atoms with Crippen LogP contribution in [-0.2, 0) is 0 Å². The molecule has 2 rings (SSSR count). The number of nitrogens with zero attached hydrogens (tertiary/aromatic N) is 2. The Bertz CT molecular complexity index is 503. The second-order valence-corrected chi connectivity index (χ2v) is 5.14. The Labute approximate surface area is 122 Å². The van der Waals surface area contributed by atoms with E-state index in [1.54, 1.807) is 38.2 Å². The van der Waals surface area contributed by atoms with Crippen molar-refractivity contribution in [3.63, 3.8) is 0 Å². The molecule has 2 N–H and O–H groups in total. The van der Waals surface area contributed by atoms with Crippen LogP contribution in [0, 0.1) is 13.8 Å². The summed E-state index contributed by atoms with van der Waals surface area (Å²) in [5.74, 6) is 0.454. The summed E-state index contributed by atoms with van der Waals surface area (Å²) < 4.78 is 1.38. The second-order valence-electron chi connectivity index (χ2n) is 3.47. The molecule has 0 aliphatic heterocycles. The average molecular weight is 376 g/mol. The minimum absolute atomic E-state index is 0.197. The normalized spacial score (nSPS) is 9.56. The summed E-state index contributed by atoms with van der Waals surface area (Å²) in [6.07, 6.45) is 1.65. The summed E-state index contributed by atoms with van der Waals surface area (Å²) in [4.78, 5) is 7.80. The Morgan fingerprint density at radius 1 is 1.11 bits per heavy atom. The lowest BCUT2D eigenvalue weighted by Gasteiger charge is -1.99. The minimum Gasteiger partial charge on any atom is -0.506 e. The van der Waals surface area contributed by atoms with Gasteiger partial charge in [-0.1, -0.05) is 0 Å². The molecule has 4 nitrogen and oxygen atoms in total. The Hall–Kier alpha value is -1.14. The molecule has 2 aromatic heterocycles. The third kappa shape index (κ3) is 4.27. The molecule has 0 saturated heterocycles. The second kappa shape index (κ2) is 6.70. The number of hydrogen-bond acceptors (Lipinski definition) is 4. The summed E-state index contributed by atoms with van der Waals surface area (Å²) in [6.45, 7) is 3.50. The molecule has 0 aliphatic carbocycles. The van der Waals surface area contributed by atoms with Gasteiger partial charge in [0, 0.05) is 6.20 Å².